The molecule has 4 nitrogen and oxygen atoms in total. The van der Waals surface area contributed by atoms with E-state index in [9.17, 15) is 4.79 Å². The third kappa shape index (κ3) is 2.02. The van der Waals surface area contributed by atoms with Crippen LogP contribution in [0, 0.1) is 0 Å². The number of benzene rings is 1. The van der Waals surface area contributed by atoms with Crippen LogP contribution in [0.15, 0.2) is 27.1 Å². The zero-order valence-electron chi connectivity index (χ0n) is 7.99. The summed E-state index contributed by atoms with van der Waals surface area (Å²) in [6.45, 7) is 1.71. The highest BCUT2D eigenvalue weighted by molar-refractivity contribution is 9.10. The van der Waals surface area contributed by atoms with E-state index < -0.39 is 0 Å². The van der Waals surface area contributed by atoms with Gasteiger partial charge in [-0.15, -0.1) is 0 Å². The lowest BCUT2D eigenvalue weighted by Gasteiger charge is -1.93. The van der Waals surface area contributed by atoms with E-state index >= 15 is 0 Å². The quantitative estimate of drug-likeness (QED) is 0.787. The van der Waals surface area contributed by atoms with Crippen molar-refractivity contribution in [2.24, 2.45) is 0 Å². The maximum Gasteiger partial charge on any atom is 0.402 e. The lowest BCUT2D eigenvalue weighted by Crippen LogP contribution is -2.05. The summed E-state index contributed by atoms with van der Waals surface area (Å²) in [4.78, 5) is 15.0. The zero-order chi connectivity index (χ0) is 10.8. The number of fused-ring (bicyclic) bond motifs is 1. The molecule has 0 unspecified atom stereocenters. The second-order valence-corrected chi connectivity index (χ2v) is 3.75. The van der Waals surface area contributed by atoms with Crippen molar-refractivity contribution in [3.63, 3.8) is 0 Å². The largest absolute Gasteiger partial charge is 0.407 e. The van der Waals surface area contributed by atoms with Gasteiger partial charge in [-0.25, -0.2) is 0 Å². The topological polar surface area (TPSA) is 52.3 Å². The van der Waals surface area contributed by atoms with E-state index in [0.717, 1.165) is 4.47 Å². The average Bonchev–Trinajstić information content (AvgIpc) is 2.62. The number of nitrogens with zero attached hydrogens (tertiary/aromatic N) is 1. The highest BCUT2D eigenvalue weighted by Gasteiger charge is 2.11. The molecule has 0 aliphatic carbocycles. The second-order valence-electron chi connectivity index (χ2n) is 2.90. The van der Waals surface area contributed by atoms with Crippen LogP contribution in [0.2, 0.25) is 0 Å². The first-order valence-electron chi connectivity index (χ1n) is 4.46. The lowest BCUT2D eigenvalue weighted by atomic mass is 10.3. The molecule has 2 rings (SSSR count). The molecule has 0 aliphatic rings. The first kappa shape index (κ1) is 10.2. The van der Waals surface area contributed by atoms with Crippen molar-refractivity contribution in [3.8, 4) is 6.08 Å². The van der Waals surface area contributed by atoms with Crippen molar-refractivity contribution >= 4 is 33.0 Å². The maximum absolute atomic E-state index is 11.0. The van der Waals surface area contributed by atoms with E-state index in [1.165, 1.54) is 0 Å². The van der Waals surface area contributed by atoms with Gasteiger partial charge in [-0.05, 0) is 28.1 Å². The van der Waals surface area contributed by atoms with Gasteiger partial charge >= 0.3 is 12.0 Å². The number of esters is 1. The number of oxazole rings is 1. The molecular formula is C10H8BrNO3. The summed E-state index contributed by atoms with van der Waals surface area (Å²) in [7, 11) is 0. The highest BCUT2D eigenvalue weighted by Crippen LogP contribution is 2.27. The van der Waals surface area contributed by atoms with Crippen molar-refractivity contribution in [3.05, 3.63) is 22.7 Å². The van der Waals surface area contributed by atoms with Gasteiger partial charge in [0.05, 0.1) is 4.47 Å². The molecule has 0 saturated carbocycles. The Morgan fingerprint density at radius 2 is 2.40 bits per heavy atom. The predicted molar refractivity (Wildman–Crippen MR) is 57.6 cm³/mol. The Bertz CT molecular complexity index is 506. The molecule has 15 heavy (non-hydrogen) atoms. The minimum absolute atomic E-state index is 0.0104. The van der Waals surface area contributed by atoms with Crippen LogP contribution < -0.4 is 4.74 Å². The third-order valence-electron chi connectivity index (χ3n) is 1.84. The van der Waals surface area contributed by atoms with Crippen LogP contribution in [0.25, 0.3) is 11.1 Å². The molecule has 0 fully saturated rings. The Balaban J connectivity index is 2.39. The van der Waals surface area contributed by atoms with Gasteiger partial charge in [0.1, 0.15) is 5.52 Å². The zero-order valence-corrected chi connectivity index (χ0v) is 9.58. The molecule has 0 amide bonds. The molecule has 0 atom stereocenters. The summed E-state index contributed by atoms with van der Waals surface area (Å²) in [6.07, 6.45) is 0.281. The van der Waals surface area contributed by atoms with Gasteiger partial charge in [-0.2, -0.15) is 4.98 Å². The fraction of sp³-hybridized carbons (Fsp3) is 0.200. The van der Waals surface area contributed by atoms with Crippen molar-refractivity contribution in [1.82, 2.24) is 4.98 Å². The SMILES string of the molecule is CCC(=O)Oc1nc2cccc(Br)c2o1. The normalized spacial score (nSPS) is 10.5. The number of hydrogen-bond donors (Lipinski definition) is 0. The molecule has 0 aliphatic heterocycles. The van der Waals surface area contributed by atoms with Crippen molar-refractivity contribution < 1.29 is 13.9 Å². The Morgan fingerprint density at radius 3 is 3.07 bits per heavy atom. The summed E-state index contributed by atoms with van der Waals surface area (Å²) in [5.74, 6) is -0.363. The Hall–Kier alpha value is -1.36. The Morgan fingerprint density at radius 1 is 1.60 bits per heavy atom. The van der Waals surface area contributed by atoms with E-state index in [1.54, 1.807) is 13.0 Å². The molecule has 2 aromatic rings. The van der Waals surface area contributed by atoms with Crippen LogP contribution in [0.1, 0.15) is 13.3 Å². The molecule has 0 radical (unpaired) electrons. The van der Waals surface area contributed by atoms with Crippen LogP contribution in [-0.4, -0.2) is 11.0 Å². The monoisotopic (exact) mass is 269 g/mol. The molecule has 0 N–H and O–H groups in total. The van der Waals surface area contributed by atoms with Crippen LogP contribution in [0.4, 0.5) is 0 Å². The number of rotatable bonds is 2. The molecule has 78 valence electrons. The summed E-state index contributed by atoms with van der Waals surface area (Å²) in [6, 6.07) is 5.45. The number of ether oxygens (including phenoxy) is 1. The standard InChI is InChI=1S/C10H8BrNO3/c1-2-8(13)14-10-12-7-5-3-4-6(11)9(7)15-10/h3-5H,2H2,1H3. The fourth-order valence-corrected chi connectivity index (χ4v) is 1.54. The van der Waals surface area contributed by atoms with Gasteiger partial charge < -0.3 is 9.15 Å². The van der Waals surface area contributed by atoms with Crippen molar-refractivity contribution in [1.29, 1.82) is 0 Å². The highest BCUT2D eigenvalue weighted by atomic mass is 79.9. The number of hydrogen-bond acceptors (Lipinski definition) is 4. The van der Waals surface area contributed by atoms with Gasteiger partial charge in [0.25, 0.3) is 0 Å². The van der Waals surface area contributed by atoms with Gasteiger partial charge in [0.2, 0.25) is 0 Å². The van der Waals surface area contributed by atoms with Crippen LogP contribution >= 0.6 is 15.9 Å². The summed E-state index contributed by atoms with van der Waals surface area (Å²) < 4.78 is 10.9. The van der Waals surface area contributed by atoms with E-state index in [1.807, 2.05) is 12.1 Å². The minimum atomic E-state index is -0.363. The van der Waals surface area contributed by atoms with E-state index in [-0.39, 0.29) is 12.0 Å². The smallest absolute Gasteiger partial charge is 0.402 e. The summed E-state index contributed by atoms with van der Waals surface area (Å²) in [5, 5.41) is 0. The van der Waals surface area contributed by atoms with Gasteiger partial charge in [0.15, 0.2) is 5.58 Å². The lowest BCUT2D eigenvalue weighted by molar-refractivity contribution is -0.135. The Kier molecular flexibility index (Phi) is 2.73. The third-order valence-corrected chi connectivity index (χ3v) is 2.46. The van der Waals surface area contributed by atoms with Crippen LogP contribution in [-0.2, 0) is 4.79 Å². The van der Waals surface area contributed by atoms with E-state index in [2.05, 4.69) is 20.9 Å². The van der Waals surface area contributed by atoms with Crippen molar-refractivity contribution in [2.75, 3.05) is 0 Å². The number of carbonyl (C=O) groups excluding carboxylic acids is 1. The second kappa shape index (κ2) is 4.02. The molecule has 5 heteroatoms. The summed E-state index contributed by atoms with van der Waals surface area (Å²) in [5.41, 5.74) is 1.24. The maximum atomic E-state index is 11.0. The van der Waals surface area contributed by atoms with Gasteiger partial charge in [-0.1, -0.05) is 13.0 Å². The minimum Gasteiger partial charge on any atom is -0.407 e. The van der Waals surface area contributed by atoms with E-state index in [0.29, 0.717) is 17.5 Å². The average molecular weight is 270 g/mol. The van der Waals surface area contributed by atoms with Gasteiger partial charge in [-0.3, -0.25) is 4.79 Å². The number of aromatic nitrogens is 1. The number of para-hydroxylation sites is 1. The Labute approximate surface area is 94.4 Å². The first-order valence-corrected chi connectivity index (χ1v) is 5.25. The molecule has 1 aromatic heterocycles. The van der Waals surface area contributed by atoms with Crippen LogP contribution in [0.5, 0.6) is 6.08 Å². The molecule has 1 aromatic carbocycles. The van der Waals surface area contributed by atoms with Gasteiger partial charge in [0, 0.05) is 6.42 Å². The molecule has 1 heterocycles. The number of halogens is 1. The van der Waals surface area contributed by atoms with Crippen LogP contribution in [0.3, 0.4) is 0 Å². The fourth-order valence-electron chi connectivity index (χ4n) is 1.11. The molecular weight excluding hydrogens is 262 g/mol. The molecule has 0 bridgehead atoms. The van der Waals surface area contributed by atoms with E-state index in [4.69, 9.17) is 9.15 Å². The summed E-state index contributed by atoms with van der Waals surface area (Å²) >= 11 is 3.32. The molecule has 0 spiro atoms. The predicted octanol–water partition coefficient (Wildman–Crippen LogP) is 2.91. The molecule has 0 saturated heterocycles. The first-order chi connectivity index (χ1) is 7.20. The number of carbonyl (C=O) groups is 1. The van der Waals surface area contributed by atoms with Crippen molar-refractivity contribution in [2.45, 2.75) is 13.3 Å².